The molecule has 0 amide bonds. The van der Waals surface area contributed by atoms with Gasteiger partial charge in [0, 0.05) is 18.7 Å². The highest BCUT2D eigenvalue weighted by Crippen LogP contribution is 2.44. The molecular weight excluding hydrogens is 404 g/mol. The van der Waals surface area contributed by atoms with Gasteiger partial charge in [0.05, 0.1) is 5.56 Å². The number of aromatic nitrogens is 7. The summed E-state index contributed by atoms with van der Waals surface area (Å²) in [5.41, 5.74) is 1.43. The lowest BCUT2D eigenvalue weighted by atomic mass is 9.81. The molecule has 0 atom stereocenters. The van der Waals surface area contributed by atoms with Gasteiger partial charge in [-0.25, -0.2) is 13.8 Å². The molecule has 1 aliphatic carbocycles. The van der Waals surface area contributed by atoms with E-state index in [1.807, 2.05) is 6.07 Å². The predicted octanol–water partition coefficient (Wildman–Crippen LogP) is 3.61. The molecule has 1 aromatic carbocycles. The third kappa shape index (κ3) is 3.41. The average molecular weight is 425 g/mol. The van der Waals surface area contributed by atoms with Crippen LogP contribution in [-0.4, -0.2) is 34.6 Å². The van der Waals surface area contributed by atoms with E-state index in [1.54, 1.807) is 11.7 Å². The van der Waals surface area contributed by atoms with Gasteiger partial charge < -0.3 is 4.74 Å². The normalized spacial score (nSPS) is 15.6. The molecule has 10 heteroatoms. The monoisotopic (exact) mass is 425 g/mol. The molecule has 31 heavy (non-hydrogen) atoms. The number of benzene rings is 1. The van der Waals surface area contributed by atoms with E-state index < -0.39 is 11.6 Å². The number of halogens is 2. The van der Waals surface area contributed by atoms with Gasteiger partial charge in [0.1, 0.15) is 24.6 Å². The van der Waals surface area contributed by atoms with E-state index in [9.17, 15) is 8.78 Å². The lowest BCUT2D eigenvalue weighted by Crippen LogP contribution is -2.20. The fourth-order valence-electron chi connectivity index (χ4n) is 4.20. The van der Waals surface area contributed by atoms with Crippen LogP contribution in [0.4, 0.5) is 8.78 Å². The Balaban J connectivity index is 1.62. The van der Waals surface area contributed by atoms with E-state index >= 15 is 0 Å². The van der Waals surface area contributed by atoms with Crippen molar-refractivity contribution in [2.45, 2.75) is 44.6 Å². The lowest BCUT2D eigenvalue weighted by Gasteiger charge is -2.25. The van der Waals surface area contributed by atoms with Gasteiger partial charge in [0.25, 0.3) is 0 Å². The number of hydrogen-bond acceptors (Lipinski definition) is 6. The molecule has 8 nitrogen and oxygen atoms in total. The van der Waals surface area contributed by atoms with Crippen LogP contribution in [0.25, 0.3) is 17.0 Å². The molecule has 3 heterocycles. The Kier molecular flexibility index (Phi) is 4.64. The van der Waals surface area contributed by atoms with Gasteiger partial charge in [-0.3, -0.25) is 4.68 Å². The van der Waals surface area contributed by atoms with Crippen LogP contribution < -0.4 is 4.74 Å². The van der Waals surface area contributed by atoms with Crippen LogP contribution in [0.3, 0.4) is 0 Å². The number of fused-ring (bicyclic) bond motifs is 1. The molecule has 1 aliphatic rings. The second-order valence-electron chi connectivity index (χ2n) is 8.14. The number of aryl methyl sites for hydroxylation is 1. The second-order valence-corrected chi connectivity index (χ2v) is 8.14. The highest BCUT2D eigenvalue weighted by atomic mass is 19.1. The van der Waals surface area contributed by atoms with E-state index in [0.717, 1.165) is 37.3 Å². The Bertz CT molecular complexity index is 1260. The predicted molar refractivity (Wildman–Crippen MR) is 107 cm³/mol. The SMILES string of the molecule is Cn1ncnc1COc1nn2c(-c3ccc(F)cc3F)nnc2cc1C1(C)CCCC1. The van der Waals surface area contributed by atoms with Gasteiger partial charge in [-0.15, -0.1) is 15.3 Å². The van der Waals surface area contributed by atoms with Crippen molar-refractivity contribution in [3.63, 3.8) is 0 Å². The van der Waals surface area contributed by atoms with Crippen LogP contribution in [0, 0.1) is 11.6 Å². The summed E-state index contributed by atoms with van der Waals surface area (Å²) in [7, 11) is 1.79. The van der Waals surface area contributed by atoms with Gasteiger partial charge in [-0.2, -0.15) is 9.61 Å². The Morgan fingerprint density at radius 2 is 1.94 bits per heavy atom. The fourth-order valence-corrected chi connectivity index (χ4v) is 4.20. The van der Waals surface area contributed by atoms with Gasteiger partial charge in [0.15, 0.2) is 17.3 Å². The van der Waals surface area contributed by atoms with Crippen LogP contribution in [0.2, 0.25) is 0 Å². The molecule has 1 saturated carbocycles. The first-order chi connectivity index (χ1) is 14.9. The highest BCUT2D eigenvalue weighted by molar-refractivity contribution is 5.60. The van der Waals surface area contributed by atoms with Gasteiger partial charge in [-0.05, 0) is 36.5 Å². The zero-order valence-corrected chi connectivity index (χ0v) is 17.2. The first-order valence-corrected chi connectivity index (χ1v) is 10.1. The summed E-state index contributed by atoms with van der Waals surface area (Å²) in [6.07, 6.45) is 5.74. The van der Waals surface area contributed by atoms with Crippen molar-refractivity contribution in [2.75, 3.05) is 0 Å². The van der Waals surface area contributed by atoms with Crippen molar-refractivity contribution in [3.05, 3.63) is 53.6 Å². The van der Waals surface area contributed by atoms with Crippen molar-refractivity contribution in [3.8, 4) is 17.3 Å². The molecule has 0 N–H and O–H groups in total. The van der Waals surface area contributed by atoms with E-state index in [2.05, 4.69) is 32.3 Å². The van der Waals surface area contributed by atoms with Crippen LogP contribution in [0.1, 0.15) is 44.0 Å². The zero-order chi connectivity index (χ0) is 21.6. The third-order valence-electron chi connectivity index (χ3n) is 6.03. The fraction of sp³-hybridized carbons (Fsp3) is 0.381. The van der Waals surface area contributed by atoms with Crippen molar-refractivity contribution in [1.82, 2.24) is 34.6 Å². The molecular formula is C21H21F2N7O. The molecule has 160 valence electrons. The molecule has 5 rings (SSSR count). The first-order valence-electron chi connectivity index (χ1n) is 10.1. The molecule has 3 aromatic heterocycles. The molecule has 1 fully saturated rings. The number of nitrogens with zero attached hydrogens (tertiary/aromatic N) is 7. The summed E-state index contributed by atoms with van der Waals surface area (Å²) >= 11 is 0. The minimum Gasteiger partial charge on any atom is -0.468 e. The summed E-state index contributed by atoms with van der Waals surface area (Å²) in [4.78, 5) is 4.20. The Hall–Kier alpha value is -3.43. The van der Waals surface area contributed by atoms with E-state index in [-0.39, 0.29) is 23.4 Å². The molecule has 0 bridgehead atoms. The maximum Gasteiger partial charge on any atom is 0.236 e. The van der Waals surface area contributed by atoms with Gasteiger partial charge in [0.2, 0.25) is 5.88 Å². The van der Waals surface area contributed by atoms with Crippen molar-refractivity contribution < 1.29 is 13.5 Å². The van der Waals surface area contributed by atoms with Crippen molar-refractivity contribution >= 4 is 5.65 Å². The van der Waals surface area contributed by atoms with Crippen LogP contribution in [-0.2, 0) is 19.1 Å². The number of ether oxygens (including phenoxy) is 1. The van der Waals surface area contributed by atoms with E-state index in [4.69, 9.17) is 4.74 Å². The Morgan fingerprint density at radius 1 is 1.13 bits per heavy atom. The van der Waals surface area contributed by atoms with E-state index in [1.165, 1.54) is 23.0 Å². The molecule has 0 saturated heterocycles. The standard InChI is InChI=1S/C21H21F2N7O/c1-21(7-3-4-8-21)15-10-17-26-27-19(14-6-5-13(22)9-16(14)23)30(17)28-20(15)31-11-18-24-12-25-29(18)2/h5-6,9-10,12H,3-4,7-8,11H2,1-2H3. The minimum absolute atomic E-state index is 0.1000. The quantitative estimate of drug-likeness (QED) is 0.486. The molecule has 0 radical (unpaired) electrons. The van der Waals surface area contributed by atoms with Crippen LogP contribution in [0.15, 0.2) is 30.6 Å². The van der Waals surface area contributed by atoms with Crippen molar-refractivity contribution in [2.24, 2.45) is 7.05 Å². The topological polar surface area (TPSA) is 83.0 Å². The summed E-state index contributed by atoms with van der Waals surface area (Å²) in [6.45, 7) is 2.38. The number of rotatable bonds is 5. The zero-order valence-electron chi connectivity index (χ0n) is 17.2. The lowest BCUT2D eigenvalue weighted by molar-refractivity contribution is 0.263. The molecule has 4 aromatic rings. The average Bonchev–Trinajstić information content (AvgIpc) is 3.46. The third-order valence-corrected chi connectivity index (χ3v) is 6.03. The highest BCUT2D eigenvalue weighted by Gasteiger charge is 2.35. The molecule has 0 unspecified atom stereocenters. The summed E-state index contributed by atoms with van der Waals surface area (Å²) < 4.78 is 36.9. The Morgan fingerprint density at radius 3 is 2.65 bits per heavy atom. The summed E-state index contributed by atoms with van der Waals surface area (Å²) in [6, 6.07) is 5.23. The maximum absolute atomic E-state index is 14.4. The van der Waals surface area contributed by atoms with E-state index in [0.29, 0.717) is 17.4 Å². The van der Waals surface area contributed by atoms with Crippen LogP contribution >= 0.6 is 0 Å². The van der Waals surface area contributed by atoms with Crippen LogP contribution in [0.5, 0.6) is 5.88 Å². The summed E-state index contributed by atoms with van der Waals surface area (Å²) in [5, 5.41) is 17.0. The molecule has 0 aliphatic heterocycles. The first kappa shape index (κ1) is 19.5. The number of hydrogen-bond donors (Lipinski definition) is 0. The second kappa shape index (κ2) is 7.36. The van der Waals surface area contributed by atoms with Gasteiger partial charge >= 0.3 is 0 Å². The Labute approximate surface area is 176 Å². The minimum atomic E-state index is -0.732. The molecule has 0 spiro atoms. The summed E-state index contributed by atoms with van der Waals surface area (Å²) in [5.74, 6) is -0.141. The van der Waals surface area contributed by atoms with Gasteiger partial charge in [-0.1, -0.05) is 19.8 Å². The maximum atomic E-state index is 14.4. The smallest absolute Gasteiger partial charge is 0.236 e. The van der Waals surface area contributed by atoms with Crippen molar-refractivity contribution in [1.29, 1.82) is 0 Å². The largest absolute Gasteiger partial charge is 0.468 e.